The van der Waals surface area contributed by atoms with Crippen molar-refractivity contribution in [3.8, 4) is 35.4 Å². The van der Waals surface area contributed by atoms with Gasteiger partial charge in [-0.25, -0.2) is 4.39 Å². The SMILES string of the molecule is C#Cc1cccc2cc(O)cc(-c3ncc4c(N5C[C@H]6CC[C@@H](C5)N6)nc(OC[C@@H]5CCCN5CCCCCc5ccc6c(c5)C(=O)N(C5CCC(=O)NC5=O)C6=O)nc4c3F)c12. The van der Waals surface area contributed by atoms with Gasteiger partial charge in [0.2, 0.25) is 11.8 Å². The van der Waals surface area contributed by atoms with E-state index < -0.39 is 35.5 Å². The second-order valence-corrected chi connectivity index (χ2v) is 17.4. The third kappa shape index (κ3) is 7.61. The van der Waals surface area contributed by atoms with Gasteiger partial charge in [-0.1, -0.05) is 30.5 Å². The lowest BCUT2D eigenvalue weighted by Gasteiger charge is -2.34. The maximum atomic E-state index is 17.0. The zero-order chi connectivity index (χ0) is 43.4. The van der Waals surface area contributed by atoms with Crippen LogP contribution in [0.15, 0.2) is 54.7 Å². The Morgan fingerprint density at radius 3 is 2.56 bits per heavy atom. The van der Waals surface area contributed by atoms with Crippen molar-refractivity contribution in [2.24, 2.45) is 0 Å². The molecule has 2 aromatic heterocycles. The molecular formula is C48H47FN8O6. The highest BCUT2D eigenvalue weighted by atomic mass is 19.1. The second kappa shape index (κ2) is 16.7. The number of fused-ring (bicyclic) bond motifs is 5. The number of piperazine rings is 1. The molecule has 4 amide bonds. The number of carbonyl (C=O) groups is 4. The molecule has 14 nitrogen and oxygen atoms in total. The molecule has 4 fully saturated rings. The largest absolute Gasteiger partial charge is 0.508 e. The predicted molar refractivity (Wildman–Crippen MR) is 233 cm³/mol. The van der Waals surface area contributed by atoms with E-state index in [0.717, 1.165) is 88.0 Å². The number of halogens is 1. The van der Waals surface area contributed by atoms with Gasteiger partial charge in [-0.2, -0.15) is 9.97 Å². The van der Waals surface area contributed by atoms with E-state index in [0.29, 0.717) is 57.4 Å². The van der Waals surface area contributed by atoms with Crippen LogP contribution in [0.2, 0.25) is 0 Å². The molecule has 7 heterocycles. The number of piperidine rings is 1. The summed E-state index contributed by atoms with van der Waals surface area (Å²) in [7, 11) is 0. The number of phenols is 1. The summed E-state index contributed by atoms with van der Waals surface area (Å²) < 4.78 is 23.4. The average Bonchev–Trinajstić information content (AvgIpc) is 3.95. The van der Waals surface area contributed by atoms with E-state index in [1.54, 1.807) is 36.5 Å². The van der Waals surface area contributed by atoms with Crippen LogP contribution in [0.3, 0.4) is 0 Å². The van der Waals surface area contributed by atoms with Crippen LogP contribution in [0.4, 0.5) is 10.2 Å². The molecule has 3 N–H and O–H groups in total. The number of aromatic nitrogens is 3. The normalized spacial score (nSPS) is 22.3. The number of pyridine rings is 1. The minimum absolute atomic E-state index is 0.0280. The lowest BCUT2D eigenvalue weighted by Crippen LogP contribution is -2.54. The zero-order valence-electron chi connectivity index (χ0n) is 34.7. The first kappa shape index (κ1) is 40.6. The number of nitrogens with one attached hydrogen (secondary N) is 2. The number of ether oxygens (including phenoxy) is 1. The van der Waals surface area contributed by atoms with Crippen LogP contribution in [-0.4, -0.2) is 110 Å². The maximum Gasteiger partial charge on any atom is 0.319 e. The Kier molecular flexibility index (Phi) is 10.7. The van der Waals surface area contributed by atoms with Crippen LogP contribution in [0, 0.1) is 18.2 Å². The van der Waals surface area contributed by atoms with Gasteiger partial charge in [-0.15, -0.1) is 6.42 Å². The summed E-state index contributed by atoms with van der Waals surface area (Å²) >= 11 is 0. The number of hydrogen-bond donors (Lipinski definition) is 3. The molecule has 5 aliphatic heterocycles. The first-order valence-corrected chi connectivity index (χ1v) is 21.9. The number of imide groups is 2. The number of rotatable bonds is 12. The molecule has 4 saturated heterocycles. The predicted octanol–water partition coefficient (Wildman–Crippen LogP) is 5.27. The Hall–Kier alpha value is -6.50. The number of aryl methyl sites for hydroxylation is 1. The number of anilines is 1. The van der Waals surface area contributed by atoms with Gasteiger partial charge in [-0.3, -0.25) is 39.3 Å². The van der Waals surface area contributed by atoms with Crippen LogP contribution in [-0.2, 0) is 16.0 Å². The van der Waals surface area contributed by atoms with Gasteiger partial charge >= 0.3 is 6.01 Å². The second-order valence-electron chi connectivity index (χ2n) is 17.4. The lowest BCUT2D eigenvalue weighted by atomic mass is 9.96. The van der Waals surface area contributed by atoms with Crippen LogP contribution in [0.25, 0.3) is 32.9 Å². The summed E-state index contributed by atoms with van der Waals surface area (Å²) in [5.41, 5.74) is 2.58. The Morgan fingerprint density at radius 2 is 1.75 bits per heavy atom. The third-order valence-corrected chi connectivity index (χ3v) is 13.4. The van der Waals surface area contributed by atoms with Crippen LogP contribution < -0.4 is 20.3 Å². The number of unbranched alkanes of at least 4 members (excludes halogenated alkanes) is 2. The van der Waals surface area contributed by atoms with Crippen molar-refractivity contribution in [1.29, 1.82) is 0 Å². The lowest BCUT2D eigenvalue weighted by molar-refractivity contribution is -0.136. The Labute approximate surface area is 363 Å². The van der Waals surface area contributed by atoms with Gasteiger partial charge in [0.05, 0.1) is 16.5 Å². The summed E-state index contributed by atoms with van der Waals surface area (Å²) in [5, 5.41) is 18.3. The number of phenolic OH excluding ortho intramolecular Hbond substituents is 1. The monoisotopic (exact) mass is 850 g/mol. The first-order valence-electron chi connectivity index (χ1n) is 21.9. The Bertz CT molecular complexity index is 2740. The fraction of sp³-hybridized carbons (Fsp3) is 0.396. The molecule has 5 aromatic rings. The van der Waals surface area contributed by atoms with Crippen molar-refractivity contribution < 1.29 is 33.4 Å². The molecule has 63 heavy (non-hydrogen) atoms. The summed E-state index contributed by atoms with van der Waals surface area (Å²) in [6.45, 7) is 3.60. The molecule has 2 bridgehead atoms. The van der Waals surface area contributed by atoms with E-state index in [9.17, 15) is 24.3 Å². The quantitative estimate of drug-likeness (QED) is 0.0847. The topological polar surface area (TPSA) is 170 Å². The van der Waals surface area contributed by atoms with Gasteiger partial charge in [0.25, 0.3) is 11.8 Å². The number of amides is 4. The fourth-order valence-electron chi connectivity index (χ4n) is 10.2. The van der Waals surface area contributed by atoms with E-state index in [1.165, 1.54) is 6.07 Å². The summed E-state index contributed by atoms with van der Waals surface area (Å²) in [6.07, 6.45) is 15.3. The van der Waals surface area contributed by atoms with Crippen molar-refractivity contribution in [2.75, 3.05) is 37.7 Å². The van der Waals surface area contributed by atoms with E-state index in [2.05, 4.69) is 31.3 Å². The molecule has 10 rings (SSSR count). The van der Waals surface area contributed by atoms with Crippen LogP contribution in [0.5, 0.6) is 11.8 Å². The number of likely N-dealkylation sites (tertiary alicyclic amines) is 1. The molecule has 322 valence electrons. The number of benzene rings is 3. The van der Waals surface area contributed by atoms with E-state index in [-0.39, 0.29) is 47.4 Å². The average molecular weight is 851 g/mol. The Morgan fingerprint density at radius 1 is 0.921 bits per heavy atom. The molecule has 0 saturated carbocycles. The number of terminal acetylenes is 1. The summed E-state index contributed by atoms with van der Waals surface area (Å²) in [5.74, 6) is 0.581. The highest BCUT2D eigenvalue weighted by Crippen LogP contribution is 2.39. The molecular weight excluding hydrogens is 804 g/mol. The zero-order valence-corrected chi connectivity index (χ0v) is 34.7. The van der Waals surface area contributed by atoms with Gasteiger partial charge < -0.3 is 20.1 Å². The van der Waals surface area contributed by atoms with Gasteiger partial charge in [-0.05, 0) is 106 Å². The number of hydrogen-bond acceptors (Lipinski definition) is 12. The Balaban J connectivity index is 0.817. The molecule has 0 spiro atoms. The first-order chi connectivity index (χ1) is 30.6. The number of carbonyl (C=O) groups excluding carboxylic acids is 4. The van der Waals surface area contributed by atoms with Crippen molar-refractivity contribution in [3.63, 3.8) is 0 Å². The highest BCUT2D eigenvalue weighted by molar-refractivity contribution is 6.23. The van der Waals surface area contributed by atoms with E-state index >= 15 is 4.39 Å². The smallest absolute Gasteiger partial charge is 0.319 e. The number of nitrogens with zero attached hydrogens (tertiary/aromatic N) is 6. The maximum absolute atomic E-state index is 17.0. The summed E-state index contributed by atoms with van der Waals surface area (Å²) in [4.78, 5) is 70.3. The number of aromatic hydroxyl groups is 1. The molecule has 3 aromatic carbocycles. The van der Waals surface area contributed by atoms with Crippen molar-refractivity contribution in [3.05, 3.63) is 82.8 Å². The van der Waals surface area contributed by atoms with Crippen LogP contribution >= 0.6 is 0 Å². The minimum Gasteiger partial charge on any atom is -0.508 e. The molecule has 15 heteroatoms. The standard InChI is InChI=1S/C48H47FN8O6/c1-2-28-9-6-10-29-21-33(58)22-36(40(28)29)42-41(49)43-37(23-50-42)44(56-24-30-13-14-31(25-56)51-30)54-48(53-43)63-26-32-11-7-19-55(32)18-5-3-4-8-27-12-15-34-35(20-27)47(62)57(46(34)61)38-16-17-39(59)52-45(38)60/h1,6,9-10,12,15,20-23,30-32,38,51,58H,3-5,7-8,11,13-14,16-19,24-26H2,(H,52,59,60)/t30-,31+,32-,38?/m0/s1. The van der Waals surface area contributed by atoms with Crippen molar-refractivity contribution >= 4 is 51.1 Å². The minimum atomic E-state index is -0.987. The molecule has 0 radical (unpaired) electrons. The van der Waals surface area contributed by atoms with E-state index in [1.807, 2.05) is 12.1 Å². The van der Waals surface area contributed by atoms with Crippen LogP contribution in [0.1, 0.15) is 89.6 Å². The summed E-state index contributed by atoms with van der Waals surface area (Å²) in [6, 6.07) is 13.7. The molecule has 4 atom stereocenters. The van der Waals surface area contributed by atoms with E-state index in [4.69, 9.17) is 21.1 Å². The van der Waals surface area contributed by atoms with Gasteiger partial charge in [0.1, 0.15) is 35.4 Å². The van der Waals surface area contributed by atoms with Gasteiger partial charge in [0.15, 0.2) is 5.82 Å². The molecule has 0 aliphatic carbocycles. The van der Waals surface area contributed by atoms with Crippen molar-refractivity contribution in [1.82, 2.24) is 35.4 Å². The fourth-order valence-corrected chi connectivity index (χ4v) is 10.2. The third-order valence-electron chi connectivity index (χ3n) is 13.4. The highest BCUT2D eigenvalue weighted by Gasteiger charge is 2.44. The molecule has 1 unspecified atom stereocenters. The van der Waals surface area contributed by atoms with Crippen molar-refractivity contribution in [2.45, 2.75) is 88.4 Å². The molecule has 5 aliphatic rings. The van der Waals surface area contributed by atoms with Gasteiger partial charge in [0, 0.05) is 60.3 Å².